The van der Waals surface area contributed by atoms with Gasteiger partial charge < -0.3 is 5.11 Å². The first-order valence-electron chi connectivity index (χ1n) is 10.7. The van der Waals surface area contributed by atoms with E-state index >= 15 is 0 Å². The minimum absolute atomic E-state index is 0.0819. The van der Waals surface area contributed by atoms with Gasteiger partial charge >= 0.3 is 5.95 Å². The van der Waals surface area contributed by atoms with Crippen LogP contribution in [0.25, 0.3) is 21.8 Å². The first-order valence-corrected chi connectivity index (χ1v) is 10.7. The number of benzene rings is 3. The second-order valence-corrected chi connectivity index (χ2v) is 7.67. The number of rotatable bonds is 9. The summed E-state index contributed by atoms with van der Waals surface area (Å²) in [7, 11) is 0. The molecule has 0 fully saturated rings. The van der Waals surface area contributed by atoms with Crippen LogP contribution in [0.4, 0.5) is 5.95 Å². The zero-order chi connectivity index (χ0) is 20.1. The van der Waals surface area contributed by atoms with Gasteiger partial charge in [0.2, 0.25) is 0 Å². The lowest BCUT2D eigenvalue weighted by molar-refractivity contribution is -0.657. The number of unbranched alkanes of at least 4 members (excludes halogenated alkanes) is 4. The molecule has 0 saturated carbocycles. The summed E-state index contributed by atoms with van der Waals surface area (Å²) in [6, 6.07) is 20.0. The molecule has 0 aliphatic heterocycles. The van der Waals surface area contributed by atoms with Crippen LogP contribution in [0, 0.1) is 0 Å². The van der Waals surface area contributed by atoms with Crippen molar-refractivity contribution in [2.24, 2.45) is 0 Å². The number of aromatic nitrogens is 2. The van der Waals surface area contributed by atoms with Crippen molar-refractivity contribution >= 4 is 27.8 Å². The number of H-pyrrole nitrogens is 1. The number of nitrogens with one attached hydrogen (secondary N) is 2. The molecule has 0 aliphatic carbocycles. The van der Waals surface area contributed by atoms with Crippen LogP contribution in [0.2, 0.25) is 0 Å². The summed E-state index contributed by atoms with van der Waals surface area (Å²) in [5.74, 6) is 1.05. The van der Waals surface area contributed by atoms with Gasteiger partial charge in [-0.2, -0.15) is 0 Å². The molecule has 4 aromatic rings. The highest BCUT2D eigenvalue weighted by Gasteiger charge is 2.17. The fourth-order valence-electron chi connectivity index (χ4n) is 4.05. The van der Waals surface area contributed by atoms with Crippen molar-refractivity contribution in [3.05, 3.63) is 66.2 Å². The monoisotopic (exact) mass is 387 g/mol. The first kappa shape index (κ1) is 19.3. The van der Waals surface area contributed by atoms with E-state index in [1.54, 1.807) is 6.07 Å². The Labute approximate surface area is 172 Å². The van der Waals surface area contributed by atoms with Gasteiger partial charge in [0.25, 0.3) is 0 Å². The van der Waals surface area contributed by atoms with Gasteiger partial charge in [0.05, 0.1) is 13.1 Å². The van der Waals surface area contributed by atoms with Crippen LogP contribution in [0.3, 0.4) is 0 Å². The second-order valence-electron chi connectivity index (χ2n) is 7.67. The summed E-state index contributed by atoms with van der Waals surface area (Å²) in [5, 5.41) is 18.2. The molecule has 0 atom stereocenters. The van der Waals surface area contributed by atoms with Crippen LogP contribution < -0.4 is 15.0 Å². The summed E-state index contributed by atoms with van der Waals surface area (Å²) in [6.07, 6.45) is 6.25. The van der Waals surface area contributed by atoms with Crippen LogP contribution in [-0.2, 0) is 13.1 Å². The average molecular weight is 388 g/mol. The molecular formula is C25H29N3O. The predicted molar refractivity (Wildman–Crippen MR) is 118 cm³/mol. The van der Waals surface area contributed by atoms with E-state index in [0.29, 0.717) is 6.54 Å². The highest BCUT2D eigenvalue weighted by atomic mass is 16.3. The zero-order valence-corrected chi connectivity index (χ0v) is 17.1. The smallest absolute Gasteiger partial charge is 0.356 e. The number of fused-ring (bicyclic) bond motifs is 2. The number of hydrogen-bond donors (Lipinski definition) is 2. The molecule has 2 N–H and O–H groups in total. The summed E-state index contributed by atoms with van der Waals surface area (Å²) in [4.78, 5) is 3.50. The predicted octanol–water partition coefficient (Wildman–Crippen LogP) is 5.26. The van der Waals surface area contributed by atoms with E-state index < -0.39 is 0 Å². The third-order valence-corrected chi connectivity index (χ3v) is 5.63. The molecule has 0 spiro atoms. The van der Waals surface area contributed by atoms with Gasteiger partial charge in [0.1, 0.15) is 11.0 Å². The van der Waals surface area contributed by atoms with Crippen molar-refractivity contribution in [2.45, 2.75) is 52.1 Å². The van der Waals surface area contributed by atoms with Gasteiger partial charge in [-0.1, -0.05) is 81.1 Å². The maximum absolute atomic E-state index is 12.5. The van der Waals surface area contributed by atoms with E-state index in [9.17, 15) is 5.11 Å². The lowest BCUT2D eigenvalue weighted by atomic mass is 10.0. The molecule has 0 unspecified atom stereocenters. The van der Waals surface area contributed by atoms with Crippen LogP contribution in [-0.4, -0.2) is 4.98 Å². The van der Waals surface area contributed by atoms with Gasteiger partial charge in [0, 0.05) is 0 Å². The lowest BCUT2D eigenvalue weighted by Crippen LogP contribution is -2.36. The van der Waals surface area contributed by atoms with Crippen molar-refractivity contribution in [1.82, 2.24) is 4.98 Å². The molecule has 0 amide bonds. The second kappa shape index (κ2) is 8.99. The van der Waals surface area contributed by atoms with E-state index in [4.69, 9.17) is 0 Å². The number of anilines is 1. The maximum atomic E-state index is 12.5. The maximum Gasteiger partial charge on any atom is 0.356 e. The third-order valence-electron chi connectivity index (χ3n) is 5.63. The fourth-order valence-corrected chi connectivity index (χ4v) is 4.05. The molecule has 0 aliphatic rings. The number of aryl methyl sites for hydroxylation is 1. The normalized spacial score (nSPS) is 11.3. The zero-order valence-electron chi connectivity index (χ0n) is 17.1. The van der Waals surface area contributed by atoms with Gasteiger partial charge in [-0.25, -0.2) is 9.55 Å². The van der Waals surface area contributed by atoms with Gasteiger partial charge in [-0.3, -0.25) is 5.32 Å². The van der Waals surface area contributed by atoms with E-state index in [1.165, 1.54) is 31.2 Å². The van der Waals surface area contributed by atoms with Crippen molar-refractivity contribution in [3.63, 3.8) is 0 Å². The molecule has 29 heavy (non-hydrogen) atoms. The Bertz CT molecular complexity index is 1100. The van der Waals surface area contributed by atoms with E-state index in [1.807, 2.05) is 24.3 Å². The van der Waals surface area contributed by atoms with Crippen molar-refractivity contribution in [3.8, 4) is 5.75 Å². The van der Waals surface area contributed by atoms with Crippen LogP contribution in [0.15, 0.2) is 60.7 Å². The number of imidazole rings is 1. The van der Waals surface area contributed by atoms with Crippen molar-refractivity contribution in [2.75, 3.05) is 5.32 Å². The Kier molecular flexibility index (Phi) is 5.99. The summed E-state index contributed by atoms with van der Waals surface area (Å²) in [6.45, 7) is 3.71. The van der Waals surface area contributed by atoms with E-state index in [0.717, 1.165) is 40.8 Å². The Hall–Kier alpha value is -3.01. The minimum atomic E-state index is 0.0819. The molecule has 0 saturated heterocycles. The summed E-state index contributed by atoms with van der Waals surface area (Å²) in [5.41, 5.74) is 3.13. The average Bonchev–Trinajstić information content (AvgIpc) is 3.10. The molecule has 150 valence electrons. The van der Waals surface area contributed by atoms with Gasteiger partial charge in [-0.15, -0.1) is 5.75 Å². The van der Waals surface area contributed by atoms with Gasteiger partial charge in [-0.05, 0) is 34.9 Å². The molecule has 4 rings (SSSR count). The highest BCUT2D eigenvalue weighted by molar-refractivity contribution is 5.87. The van der Waals surface area contributed by atoms with E-state index in [2.05, 4.69) is 52.1 Å². The summed E-state index contributed by atoms with van der Waals surface area (Å²) >= 11 is 0. The fraction of sp³-hybridized carbons (Fsp3) is 0.320. The lowest BCUT2D eigenvalue weighted by Gasteiger charge is -2.15. The molecule has 3 aromatic carbocycles. The molecule has 1 heterocycles. The quantitative estimate of drug-likeness (QED) is 0.304. The van der Waals surface area contributed by atoms with E-state index in [-0.39, 0.29) is 5.75 Å². The molecule has 1 aromatic heterocycles. The molecule has 4 nitrogen and oxygen atoms in total. The third kappa shape index (κ3) is 4.21. The van der Waals surface area contributed by atoms with Crippen LogP contribution in [0.5, 0.6) is 5.75 Å². The molecule has 0 bridgehead atoms. The van der Waals surface area contributed by atoms with Crippen molar-refractivity contribution in [1.29, 1.82) is 0 Å². The van der Waals surface area contributed by atoms with Gasteiger partial charge in [0.15, 0.2) is 0 Å². The first-order chi connectivity index (χ1) is 14.3. The van der Waals surface area contributed by atoms with Crippen molar-refractivity contribution < 1.29 is 9.67 Å². The SMILES string of the molecule is CCCCCCC[n+]1c(NCc2c([O-])ccc3ccccc23)[nH]c2ccccc21. The highest BCUT2D eigenvalue weighted by Crippen LogP contribution is 2.26. The number of aromatic amines is 1. The Morgan fingerprint density at radius 1 is 0.897 bits per heavy atom. The molecular weight excluding hydrogens is 358 g/mol. The van der Waals surface area contributed by atoms with Crippen LogP contribution in [0.1, 0.15) is 44.6 Å². The number of para-hydroxylation sites is 2. The Balaban J connectivity index is 1.58. The molecule has 0 radical (unpaired) electrons. The Morgan fingerprint density at radius 3 is 2.59 bits per heavy atom. The molecule has 4 heteroatoms. The minimum Gasteiger partial charge on any atom is -0.872 e. The standard InChI is InChI=1S/C25H29N3O/c1-2-3-4-5-10-17-28-23-14-9-8-13-22(23)27-25(28)26-18-21-20-12-7-6-11-19(20)15-16-24(21)29/h6-9,11-16H,2-5,10,17-18H2,1H3,(H2,26,27,29). The number of nitrogens with zero attached hydrogens (tertiary/aromatic N) is 1. The summed E-state index contributed by atoms with van der Waals surface area (Å²) < 4.78 is 2.32. The largest absolute Gasteiger partial charge is 0.872 e. The topological polar surface area (TPSA) is 54.8 Å². The number of hydrogen-bond acceptors (Lipinski definition) is 2. The van der Waals surface area contributed by atoms with Crippen LogP contribution >= 0.6 is 0 Å². The Morgan fingerprint density at radius 2 is 1.69 bits per heavy atom.